The van der Waals surface area contributed by atoms with Crippen molar-refractivity contribution in [1.29, 1.82) is 0 Å². The Balaban J connectivity index is 2.24. The number of nitrogens with one attached hydrogen (secondary N) is 1. The molecule has 19 heavy (non-hydrogen) atoms. The van der Waals surface area contributed by atoms with Gasteiger partial charge in [0.05, 0.1) is 6.61 Å². The van der Waals surface area contributed by atoms with Crippen molar-refractivity contribution in [2.24, 2.45) is 5.84 Å². The molecule has 0 aliphatic carbocycles. The van der Waals surface area contributed by atoms with Gasteiger partial charge in [0.25, 0.3) is 5.91 Å². The molecule has 0 heterocycles. The van der Waals surface area contributed by atoms with Crippen LogP contribution >= 0.6 is 0 Å². The van der Waals surface area contributed by atoms with Crippen LogP contribution in [0, 0.1) is 0 Å². The van der Waals surface area contributed by atoms with Crippen LogP contribution in [-0.2, 0) is 0 Å². The van der Waals surface area contributed by atoms with E-state index in [2.05, 4.69) is 12.3 Å². The minimum Gasteiger partial charge on any atom is -0.494 e. The van der Waals surface area contributed by atoms with Gasteiger partial charge >= 0.3 is 0 Å². The van der Waals surface area contributed by atoms with Gasteiger partial charge in [-0.05, 0) is 24.6 Å². The fraction of sp³-hybridized carbons (Fsp3) is 0.533. The fourth-order valence-electron chi connectivity index (χ4n) is 1.88. The zero-order valence-corrected chi connectivity index (χ0v) is 11.7. The molecule has 4 nitrogen and oxygen atoms in total. The maximum Gasteiger partial charge on any atom is 0.265 e. The van der Waals surface area contributed by atoms with Crippen LogP contribution in [0.5, 0.6) is 5.75 Å². The van der Waals surface area contributed by atoms with E-state index in [0.29, 0.717) is 12.2 Å². The Morgan fingerprint density at radius 2 is 1.95 bits per heavy atom. The highest BCUT2D eigenvalue weighted by atomic mass is 16.5. The van der Waals surface area contributed by atoms with Crippen LogP contribution in [0.15, 0.2) is 24.3 Å². The molecule has 0 saturated carbocycles. The molecule has 106 valence electrons. The minimum atomic E-state index is -0.301. The smallest absolute Gasteiger partial charge is 0.265 e. The third-order valence-corrected chi connectivity index (χ3v) is 2.99. The van der Waals surface area contributed by atoms with Gasteiger partial charge in [0.2, 0.25) is 0 Å². The predicted octanol–water partition coefficient (Wildman–Crippen LogP) is 3.03. The third kappa shape index (κ3) is 6.25. The second-order valence-electron chi connectivity index (χ2n) is 4.62. The molecule has 0 saturated heterocycles. The Morgan fingerprint density at radius 3 is 2.68 bits per heavy atom. The van der Waals surface area contributed by atoms with Gasteiger partial charge in [-0.3, -0.25) is 10.2 Å². The standard InChI is InChI=1S/C15H24N2O2/c1-2-3-4-5-6-7-11-19-14-10-8-9-13(12-14)15(18)17-16/h8-10,12H,2-7,11,16H2,1H3,(H,17,18). The highest BCUT2D eigenvalue weighted by molar-refractivity contribution is 5.94. The van der Waals surface area contributed by atoms with E-state index >= 15 is 0 Å². The highest BCUT2D eigenvalue weighted by Crippen LogP contribution is 2.14. The average Bonchev–Trinajstić information content (AvgIpc) is 2.46. The summed E-state index contributed by atoms with van der Waals surface area (Å²) in [6, 6.07) is 7.06. The maximum absolute atomic E-state index is 11.4. The van der Waals surface area contributed by atoms with E-state index in [1.807, 2.05) is 6.07 Å². The van der Waals surface area contributed by atoms with E-state index < -0.39 is 0 Å². The summed E-state index contributed by atoms with van der Waals surface area (Å²) in [5, 5.41) is 0. The minimum absolute atomic E-state index is 0.301. The predicted molar refractivity (Wildman–Crippen MR) is 77.0 cm³/mol. The van der Waals surface area contributed by atoms with Crippen LogP contribution in [0.3, 0.4) is 0 Å². The molecule has 1 rings (SSSR count). The van der Waals surface area contributed by atoms with Crippen LogP contribution in [0.2, 0.25) is 0 Å². The second kappa shape index (κ2) is 9.39. The molecule has 0 aliphatic rings. The Kier molecular flexibility index (Phi) is 7.66. The first-order valence-corrected chi connectivity index (χ1v) is 7.01. The summed E-state index contributed by atoms with van der Waals surface area (Å²) in [6.45, 7) is 2.91. The van der Waals surface area contributed by atoms with Gasteiger partial charge in [-0.15, -0.1) is 0 Å². The molecule has 4 heteroatoms. The number of rotatable bonds is 9. The summed E-state index contributed by atoms with van der Waals surface area (Å²) >= 11 is 0. The molecule has 0 aliphatic heterocycles. The quantitative estimate of drug-likeness (QED) is 0.312. The van der Waals surface area contributed by atoms with Gasteiger partial charge in [0, 0.05) is 5.56 Å². The van der Waals surface area contributed by atoms with E-state index in [0.717, 1.165) is 12.2 Å². The molecule has 0 bridgehead atoms. The van der Waals surface area contributed by atoms with Gasteiger partial charge in [0.15, 0.2) is 0 Å². The fourth-order valence-corrected chi connectivity index (χ4v) is 1.88. The number of nitrogens with two attached hydrogens (primary N) is 1. The molecule has 0 fully saturated rings. The molecule has 3 N–H and O–H groups in total. The molecule has 1 aromatic rings. The third-order valence-electron chi connectivity index (χ3n) is 2.99. The van der Waals surface area contributed by atoms with Crippen molar-refractivity contribution in [3.63, 3.8) is 0 Å². The maximum atomic E-state index is 11.4. The number of unbranched alkanes of at least 4 members (excludes halogenated alkanes) is 5. The summed E-state index contributed by atoms with van der Waals surface area (Å²) in [6.07, 6.45) is 7.42. The summed E-state index contributed by atoms with van der Waals surface area (Å²) < 4.78 is 5.63. The number of hydrogen-bond acceptors (Lipinski definition) is 3. The van der Waals surface area contributed by atoms with Crippen LogP contribution < -0.4 is 16.0 Å². The zero-order chi connectivity index (χ0) is 13.9. The van der Waals surface area contributed by atoms with Crippen molar-refractivity contribution in [2.45, 2.75) is 45.4 Å². The lowest BCUT2D eigenvalue weighted by molar-refractivity contribution is 0.0953. The number of amides is 1. The van der Waals surface area contributed by atoms with Gasteiger partial charge in [-0.1, -0.05) is 45.1 Å². The summed E-state index contributed by atoms with van der Waals surface area (Å²) in [4.78, 5) is 11.4. The van der Waals surface area contributed by atoms with Crippen LogP contribution in [-0.4, -0.2) is 12.5 Å². The number of hydrogen-bond donors (Lipinski definition) is 2. The van der Waals surface area contributed by atoms with E-state index in [9.17, 15) is 4.79 Å². The molecule has 0 spiro atoms. The molecule has 0 unspecified atom stereocenters. The molecule has 0 atom stereocenters. The largest absolute Gasteiger partial charge is 0.494 e. The van der Waals surface area contributed by atoms with Crippen molar-refractivity contribution in [3.8, 4) is 5.75 Å². The van der Waals surface area contributed by atoms with Gasteiger partial charge in [0.1, 0.15) is 5.75 Å². The second-order valence-corrected chi connectivity index (χ2v) is 4.62. The molecular formula is C15H24N2O2. The molecular weight excluding hydrogens is 240 g/mol. The molecule has 1 amide bonds. The normalized spacial score (nSPS) is 10.2. The van der Waals surface area contributed by atoms with Gasteiger partial charge < -0.3 is 4.74 Å². The Labute approximate surface area is 115 Å². The Bertz CT molecular complexity index is 380. The van der Waals surface area contributed by atoms with Gasteiger partial charge in [-0.25, -0.2) is 5.84 Å². The number of hydrazine groups is 1. The van der Waals surface area contributed by atoms with Gasteiger partial charge in [-0.2, -0.15) is 0 Å². The first-order valence-electron chi connectivity index (χ1n) is 7.01. The first kappa shape index (κ1) is 15.5. The number of ether oxygens (including phenoxy) is 1. The lowest BCUT2D eigenvalue weighted by Crippen LogP contribution is -2.29. The number of carbonyl (C=O) groups excluding carboxylic acids is 1. The van der Waals surface area contributed by atoms with Crippen molar-refractivity contribution >= 4 is 5.91 Å². The van der Waals surface area contributed by atoms with Crippen LogP contribution in [0.25, 0.3) is 0 Å². The number of carbonyl (C=O) groups is 1. The average molecular weight is 264 g/mol. The van der Waals surface area contributed by atoms with Crippen molar-refractivity contribution < 1.29 is 9.53 Å². The number of nitrogen functional groups attached to an aromatic ring is 1. The van der Waals surface area contributed by atoms with Crippen molar-refractivity contribution in [3.05, 3.63) is 29.8 Å². The lowest BCUT2D eigenvalue weighted by Gasteiger charge is -2.07. The molecule has 1 aromatic carbocycles. The topological polar surface area (TPSA) is 64.3 Å². The van der Waals surface area contributed by atoms with E-state index in [-0.39, 0.29) is 5.91 Å². The van der Waals surface area contributed by atoms with Crippen LogP contribution in [0.4, 0.5) is 0 Å². The SMILES string of the molecule is CCCCCCCCOc1cccc(C(=O)NN)c1. The van der Waals surface area contributed by atoms with E-state index in [1.54, 1.807) is 18.2 Å². The van der Waals surface area contributed by atoms with E-state index in [4.69, 9.17) is 10.6 Å². The highest BCUT2D eigenvalue weighted by Gasteiger charge is 2.04. The van der Waals surface area contributed by atoms with Crippen LogP contribution in [0.1, 0.15) is 55.8 Å². The van der Waals surface area contributed by atoms with Crippen molar-refractivity contribution in [2.75, 3.05) is 6.61 Å². The zero-order valence-electron chi connectivity index (χ0n) is 11.7. The Hall–Kier alpha value is -1.55. The number of benzene rings is 1. The summed E-state index contributed by atoms with van der Waals surface area (Å²) in [7, 11) is 0. The first-order chi connectivity index (χ1) is 9.27. The van der Waals surface area contributed by atoms with Crippen molar-refractivity contribution in [1.82, 2.24) is 5.43 Å². The lowest BCUT2D eigenvalue weighted by atomic mass is 10.1. The molecule has 0 aromatic heterocycles. The Morgan fingerprint density at radius 1 is 1.21 bits per heavy atom. The van der Waals surface area contributed by atoms with E-state index in [1.165, 1.54) is 32.1 Å². The monoisotopic (exact) mass is 264 g/mol. The summed E-state index contributed by atoms with van der Waals surface area (Å²) in [5.74, 6) is 5.51. The molecule has 0 radical (unpaired) electrons. The summed E-state index contributed by atoms with van der Waals surface area (Å²) in [5.41, 5.74) is 2.63.